The minimum Gasteiger partial charge on any atom is -0.507 e. The van der Waals surface area contributed by atoms with Crippen molar-refractivity contribution in [2.24, 2.45) is 5.92 Å². The highest BCUT2D eigenvalue weighted by Crippen LogP contribution is 2.39. The number of morpholine rings is 1. The quantitative estimate of drug-likeness (QED) is 0.366. The Morgan fingerprint density at radius 1 is 1.03 bits per heavy atom. The van der Waals surface area contributed by atoms with E-state index in [9.17, 15) is 14.7 Å². The third kappa shape index (κ3) is 5.32. The van der Waals surface area contributed by atoms with E-state index >= 15 is 0 Å². The van der Waals surface area contributed by atoms with Gasteiger partial charge >= 0.3 is 0 Å². The van der Waals surface area contributed by atoms with Gasteiger partial charge in [-0.3, -0.25) is 14.5 Å². The van der Waals surface area contributed by atoms with Gasteiger partial charge in [-0.1, -0.05) is 44.2 Å². The number of carbonyl (C=O) groups is 2. The number of ether oxygens (including phenoxy) is 2. The number of aliphatic hydroxyl groups is 1. The molecule has 2 aliphatic heterocycles. The maximum Gasteiger partial charge on any atom is 0.295 e. The monoisotopic (exact) mass is 464 g/mol. The summed E-state index contributed by atoms with van der Waals surface area (Å²) in [5.74, 6) is -0.325. The number of Topliss-reactive ketones (excluding diaryl/α,β-unsaturated/α-hetero) is 1. The van der Waals surface area contributed by atoms with Gasteiger partial charge in [0.05, 0.1) is 31.4 Å². The predicted octanol–water partition coefficient (Wildman–Crippen LogP) is 3.48. The fraction of sp³-hybridized carbons (Fsp3) is 0.407. The third-order valence-corrected chi connectivity index (χ3v) is 6.13. The molecule has 0 unspecified atom stereocenters. The van der Waals surface area contributed by atoms with Gasteiger partial charge in [-0.25, -0.2) is 0 Å². The van der Waals surface area contributed by atoms with Gasteiger partial charge in [0, 0.05) is 31.7 Å². The molecule has 4 rings (SSSR count). The number of ketones is 1. The fourth-order valence-electron chi connectivity index (χ4n) is 4.29. The Balaban J connectivity index is 1.64. The SMILES string of the molecule is CC(C)COc1ccc(C(O)=C2C(=O)C(=O)N(CCN3CCOCC3)[C@H]2c2ccccc2)cc1. The molecule has 0 spiro atoms. The second kappa shape index (κ2) is 10.8. The molecule has 0 bridgehead atoms. The van der Waals surface area contributed by atoms with Crippen LogP contribution in [0.3, 0.4) is 0 Å². The molecule has 7 heteroatoms. The van der Waals surface area contributed by atoms with Crippen LogP contribution in [-0.2, 0) is 14.3 Å². The summed E-state index contributed by atoms with van der Waals surface area (Å²) in [4.78, 5) is 30.0. The first-order chi connectivity index (χ1) is 16.5. The first-order valence-electron chi connectivity index (χ1n) is 11.8. The van der Waals surface area contributed by atoms with Crippen LogP contribution in [0.15, 0.2) is 60.2 Å². The van der Waals surface area contributed by atoms with E-state index in [1.54, 1.807) is 29.2 Å². The summed E-state index contributed by atoms with van der Waals surface area (Å²) in [6.45, 7) is 8.69. The van der Waals surface area contributed by atoms with Crippen molar-refractivity contribution in [2.45, 2.75) is 19.9 Å². The van der Waals surface area contributed by atoms with Gasteiger partial charge in [-0.2, -0.15) is 0 Å². The number of hydrogen-bond donors (Lipinski definition) is 1. The minimum absolute atomic E-state index is 0.119. The Hall–Kier alpha value is -3.16. The zero-order valence-electron chi connectivity index (χ0n) is 19.8. The first-order valence-corrected chi connectivity index (χ1v) is 11.8. The van der Waals surface area contributed by atoms with Crippen molar-refractivity contribution in [3.63, 3.8) is 0 Å². The zero-order chi connectivity index (χ0) is 24.1. The number of benzene rings is 2. The molecule has 0 aromatic heterocycles. The van der Waals surface area contributed by atoms with Crippen molar-refractivity contribution < 1.29 is 24.2 Å². The molecular weight excluding hydrogens is 432 g/mol. The van der Waals surface area contributed by atoms with Gasteiger partial charge in [-0.05, 0) is 35.7 Å². The van der Waals surface area contributed by atoms with Crippen LogP contribution in [0.1, 0.15) is 31.0 Å². The van der Waals surface area contributed by atoms with Crippen LogP contribution in [0.4, 0.5) is 0 Å². The van der Waals surface area contributed by atoms with Crippen molar-refractivity contribution in [1.82, 2.24) is 9.80 Å². The number of hydrogen-bond acceptors (Lipinski definition) is 6. The standard InChI is InChI=1S/C27H32N2O5/c1-19(2)18-34-22-10-8-21(9-11-22)25(30)23-24(20-6-4-3-5-7-20)29(27(32)26(23)31)13-12-28-14-16-33-17-15-28/h3-11,19,24,30H,12-18H2,1-2H3/t24-/m0/s1. The number of rotatable bonds is 8. The fourth-order valence-corrected chi connectivity index (χ4v) is 4.29. The Kier molecular flexibility index (Phi) is 7.65. The van der Waals surface area contributed by atoms with E-state index in [-0.39, 0.29) is 11.3 Å². The normalized spacial score (nSPS) is 20.8. The largest absolute Gasteiger partial charge is 0.507 e. The molecule has 1 atom stereocenters. The summed E-state index contributed by atoms with van der Waals surface area (Å²) in [5, 5.41) is 11.2. The molecule has 2 aliphatic rings. The molecule has 2 saturated heterocycles. The molecule has 2 aromatic rings. The predicted molar refractivity (Wildman–Crippen MR) is 129 cm³/mol. The maximum atomic E-state index is 13.1. The third-order valence-electron chi connectivity index (χ3n) is 6.13. The van der Waals surface area contributed by atoms with Gasteiger partial charge in [0.25, 0.3) is 11.7 Å². The molecule has 2 heterocycles. The van der Waals surface area contributed by atoms with E-state index in [2.05, 4.69) is 18.7 Å². The summed E-state index contributed by atoms with van der Waals surface area (Å²) >= 11 is 0. The summed E-state index contributed by atoms with van der Waals surface area (Å²) in [7, 11) is 0. The highest BCUT2D eigenvalue weighted by atomic mass is 16.5. The average Bonchev–Trinajstić information content (AvgIpc) is 3.12. The van der Waals surface area contributed by atoms with E-state index in [4.69, 9.17) is 9.47 Å². The second-order valence-electron chi connectivity index (χ2n) is 9.09. The van der Waals surface area contributed by atoms with Crippen LogP contribution in [0.2, 0.25) is 0 Å². The van der Waals surface area contributed by atoms with E-state index in [0.717, 1.165) is 18.7 Å². The van der Waals surface area contributed by atoms with E-state index in [1.165, 1.54) is 0 Å². The number of likely N-dealkylation sites (tertiary alicyclic amines) is 1. The van der Waals surface area contributed by atoms with Crippen LogP contribution in [0.25, 0.3) is 5.76 Å². The summed E-state index contributed by atoms with van der Waals surface area (Å²) in [6, 6.07) is 15.7. The molecule has 34 heavy (non-hydrogen) atoms. The zero-order valence-corrected chi connectivity index (χ0v) is 19.8. The van der Waals surface area contributed by atoms with Crippen LogP contribution in [0.5, 0.6) is 5.75 Å². The van der Waals surface area contributed by atoms with Crippen LogP contribution in [0, 0.1) is 5.92 Å². The molecule has 2 aromatic carbocycles. The van der Waals surface area contributed by atoms with Crippen molar-refractivity contribution in [1.29, 1.82) is 0 Å². The molecule has 2 fully saturated rings. The van der Waals surface area contributed by atoms with Gasteiger partial charge in [0.1, 0.15) is 11.5 Å². The van der Waals surface area contributed by atoms with E-state index in [0.29, 0.717) is 50.1 Å². The Labute approximate surface area is 200 Å². The molecule has 0 saturated carbocycles. The topological polar surface area (TPSA) is 79.3 Å². The smallest absolute Gasteiger partial charge is 0.295 e. The molecular formula is C27H32N2O5. The van der Waals surface area contributed by atoms with Gasteiger partial charge < -0.3 is 19.5 Å². The van der Waals surface area contributed by atoms with Crippen molar-refractivity contribution >= 4 is 17.4 Å². The molecule has 0 aliphatic carbocycles. The molecule has 180 valence electrons. The molecule has 0 radical (unpaired) electrons. The lowest BCUT2D eigenvalue weighted by atomic mass is 9.95. The lowest BCUT2D eigenvalue weighted by Gasteiger charge is -2.31. The molecule has 1 N–H and O–H groups in total. The van der Waals surface area contributed by atoms with E-state index in [1.807, 2.05) is 30.3 Å². The minimum atomic E-state index is -0.659. The lowest BCUT2D eigenvalue weighted by Crippen LogP contribution is -2.42. The van der Waals surface area contributed by atoms with Crippen LogP contribution < -0.4 is 4.74 Å². The number of nitrogens with zero attached hydrogens (tertiary/aromatic N) is 2. The van der Waals surface area contributed by atoms with Crippen molar-refractivity contribution in [3.05, 3.63) is 71.3 Å². The van der Waals surface area contributed by atoms with Gasteiger partial charge in [0.2, 0.25) is 0 Å². The molecule has 1 amide bonds. The highest BCUT2D eigenvalue weighted by molar-refractivity contribution is 6.46. The van der Waals surface area contributed by atoms with Crippen LogP contribution >= 0.6 is 0 Å². The highest BCUT2D eigenvalue weighted by Gasteiger charge is 2.45. The summed E-state index contributed by atoms with van der Waals surface area (Å²) < 4.78 is 11.1. The van der Waals surface area contributed by atoms with Gasteiger partial charge in [-0.15, -0.1) is 0 Å². The van der Waals surface area contributed by atoms with Crippen molar-refractivity contribution in [2.75, 3.05) is 46.0 Å². The Morgan fingerprint density at radius 3 is 2.35 bits per heavy atom. The van der Waals surface area contributed by atoms with Gasteiger partial charge in [0.15, 0.2) is 0 Å². The maximum absolute atomic E-state index is 13.1. The first kappa shape index (κ1) is 24.0. The van der Waals surface area contributed by atoms with E-state index < -0.39 is 17.7 Å². The number of aliphatic hydroxyl groups excluding tert-OH is 1. The number of amides is 1. The Morgan fingerprint density at radius 2 is 1.71 bits per heavy atom. The van der Waals surface area contributed by atoms with Crippen LogP contribution in [-0.4, -0.2) is 72.6 Å². The lowest BCUT2D eigenvalue weighted by molar-refractivity contribution is -0.140. The summed E-state index contributed by atoms with van der Waals surface area (Å²) in [6.07, 6.45) is 0. The Bertz CT molecular complexity index is 1030. The second-order valence-corrected chi connectivity index (χ2v) is 9.09. The average molecular weight is 465 g/mol. The number of carbonyl (C=O) groups excluding carboxylic acids is 2. The molecule has 7 nitrogen and oxygen atoms in total. The summed E-state index contributed by atoms with van der Waals surface area (Å²) in [5.41, 5.74) is 1.39. The van der Waals surface area contributed by atoms with Crippen molar-refractivity contribution in [3.8, 4) is 5.75 Å².